The molecule has 4 rings (SSSR count). The number of carboxylic acids is 1. The maximum absolute atomic E-state index is 11.8. The summed E-state index contributed by atoms with van der Waals surface area (Å²) >= 11 is 0. The van der Waals surface area contributed by atoms with Crippen LogP contribution >= 0.6 is 0 Å². The Balaban J connectivity index is 0.000000398. The van der Waals surface area contributed by atoms with Crippen LogP contribution < -0.4 is 10.5 Å². The van der Waals surface area contributed by atoms with Gasteiger partial charge in [0, 0.05) is 31.8 Å². The molecule has 0 radical (unpaired) electrons. The fraction of sp³-hybridized carbons (Fsp3) is 0.341. The first-order valence-corrected chi connectivity index (χ1v) is 18.6. The van der Waals surface area contributed by atoms with Gasteiger partial charge in [0.25, 0.3) is 0 Å². The van der Waals surface area contributed by atoms with Crippen molar-refractivity contribution in [2.45, 2.75) is 72.9 Å². The quantitative estimate of drug-likeness (QED) is 0.0800. The van der Waals surface area contributed by atoms with Crippen molar-refractivity contribution in [3.8, 4) is 6.07 Å². The zero-order valence-electron chi connectivity index (χ0n) is 31.2. The van der Waals surface area contributed by atoms with Crippen molar-refractivity contribution >= 4 is 22.0 Å². The SMILES string of the molecule is CCOC(=O)C(C(=O)O)C(CC#N)c1ccccc1.CS(=O)(=O)N[C@@H](c1ccccc1)[C@@H](N)c1ccccc1.Cc1c(C)c(C)c(C)c(C)c1C.[Ru]. The maximum Gasteiger partial charge on any atom is 0.320 e. The van der Waals surface area contributed by atoms with Crippen LogP contribution in [0, 0.1) is 58.8 Å². The van der Waals surface area contributed by atoms with Crippen LogP contribution in [0.25, 0.3) is 0 Å². The number of carboxylic acid groups (broad SMARTS) is 1. The van der Waals surface area contributed by atoms with E-state index in [1.807, 2.05) is 66.7 Å². The zero-order valence-corrected chi connectivity index (χ0v) is 33.7. The second-order valence-corrected chi connectivity index (χ2v) is 14.2. The smallest absolute Gasteiger partial charge is 0.320 e. The molecule has 0 bridgehead atoms. The van der Waals surface area contributed by atoms with Gasteiger partial charge in [0.15, 0.2) is 5.92 Å². The van der Waals surface area contributed by atoms with Crippen LogP contribution in [0.4, 0.5) is 0 Å². The number of hydrogen-bond donors (Lipinski definition) is 3. The Morgan fingerprint density at radius 1 is 0.750 bits per heavy atom. The summed E-state index contributed by atoms with van der Waals surface area (Å²) in [5.41, 5.74) is 17.3. The van der Waals surface area contributed by atoms with Crippen molar-refractivity contribution in [3.05, 3.63) is 141 Å². The standard InChI is InChI=1S/C15H18N2O2S.C14H15NO4.C12H18.Ru/c1-20(18,19)17-15(13-10-6-3-7-11-13)14(16)12-8-4-2-5-9-12;1-2-19-14(18)12(13(16)17)11(8-9-15)10-6-4-3-5-7-10;1-7-8(2)10(4)12(6)11(5)9(7)3;/h2-11,14-15,17H,16H2,1H3;3-7,11-12H,2,8H2,1H3,(H,16,17);1-6H3;/t14-,15-;;;/m0.../s1. The minimum Gasteiger partial charge on any atom is -0.481 e. The molecule has 0 fully saturated rings. The number of carbonyl (C=O) groups excluding carboxylic acids is 1. The van der Waals surface area contributed by atoms with Crippen molar-refractivity contribution in [2.75, 3.05) is 12.9 Å². The van der Waals surface area contributed by atoms with E-state index in [-0.39, 0.29) is 32.5 Å². The second kappa shape index (κ2) is 22.0. The average molecular weight is 815 g/mol. The minimum absolute atomic E-state index is 0. The van der Waals surface area contributed by atoms with Crippen LogP contribution in [-0.2, 0) is 43.8 Å². The topological polar surface area (TPSA) is 160 Å². The number of sulfonamides is 1. The van der Waals surface area contributed by atoms with E-state index in [4.69, 9.17) is 15.7 Å². The molecule has 0 saturated carbocycles. The van der Waals surface area contributed by atoms with E-state index in [0.717, 1.165) is 17.4 Å². The summed E-state index contributed by atoms with van der Waals surface area (Å²) in [4.78, 5) is 23.1. The van der Waals surface area contributed by atoms with Crippen molar-refractivity contribution in [2.24, 2.45) is 11.7 Å². The summed E-state index contributed by atoms with van der Waals surface area (Å²) in [6, 6.07) is 28.5. The first kappa shape index (κ1) is 45.8. The molecule has 0 saturated heterocycles. The average Bonchev–Trinajstić information content (AvgIpc) is 3.12. The van der Waals surface area contributed by atoms with Crippen molar-refractivity contribution in [1.82, 2.24) is 4.72 Å². The molecule has 0 aliphatic heterocycles. The van der Waals surface area contributed by atoms with E-state index in [9.17, 15) is 23.1 Å². The molecule has 4 aromatic rings. The molecule has 0 spiro atoms. The van der Waals surface area contributed by atoms with Crippen LogP contribution in [0.15, 0.2) is 91.0 Å². The van der Waals surface area contributed by atoms with E-state index in [1.165, 1.54) is 33.4 Å². The molecule has 2 unspecified atom stereocenters. The van der Waals surface area contributed by atoms with Crippen LogP contribution in [0.1, 0.15) is 81.4 Å². The summed E-state index contributed by atoms with van der Waals surface area (Å²) in [5.74, 6) is -4.15. The van der Waals surface area contributed by atoms with Crippen molar-refractivity contribution in [1.29, 1.82) is 5.26 Å². The second-order valence-electron chi connectivity index (χ2n) is 12.4. The number of esters is 1. The van der Waals surface area contributed by atoms with Crippen molar-refractivity contribution in [3.63, 3.8) is 0 Å². The number of hydrogen-bond acceptors (Lipinski definition) is 7. The fourth-order valence-electron chi connectivity index (χ4n) is 5.69. The molecule has 0 amide bonds. The van der Waals surface area contributed by atoms with Gasteiger partial charge in [-0.15, -0.1) is 0 Å². The van der Waals surface area contributed by atoms with Gasteiger partial charge < -0.3 is 15.6 Å². The Hall–Kier alpha value is -4.20. The predicted molar refractivity (Wildman–Crippen MR) is 203 cm³/mol. The number of nitrogens with one attached hydrogen (secondary N) is 1. The molecule has 11 heteroatoms. The molecule has 4 aromatic carbocycles. The summed E-state index contributed by atoms with van der Waals surface area (Å²) in [7, 11) is -3.35. The van der Waals surface area contributed by atoms with E-state index < -0.39 is 45.9 Å². The van der Waals surface area contributed by atoms with Gasteiger partial charge in [0.2, 0.25) is 10.0 Å². The Labute approximate surface area is 322 Å². The normalized spacial score (nSPS) is 12.8. The largest absolute Gasteiger partial charge is 0.481 e. The fourth-order valence-corrected chi connectivity index (χ4v) is 6.43. The summed E-state index contributed by atoms with van der Waals surface area (Å²) in [6.45, 7) is 15.0. The number of carbonyl (C=O) groups is 2. The first-order chi connectivity index (χ1) is 24.0. The maximum atomic E-state index is 11.8. The van der Waals surface area contributed by atoms with Gasteiger partial charge in [0.1, 0.15) is 0 Å². The van der Waals surface area contributed by atoms with Crippen LogP contribution in [0.2, 0.25) is 0 Å². The third-order valence-electron chi connectivity index (χ3n) is 9.17. The Bertz CT molecular complexity index is 1780. The Kier molecular flexibility index (Phi) is 19.4. The third kappa shape index (κ3) is 13.4. The summed E-state index contributed by atoms with van der Waals surface area (Å²) in [6.07, 6.45) is 1.08. The van der Waals surface area contributed by atoms with E-state index >= 15 is 0 Å². The van der Waals surface area contributed by atoms with Crippen LogP contribution in [0.5, 0.6) is 0 Å². The monoisotopic (exact) mass is 815 g/mol. The Morgan fingerprint density at radius 3 is 1.44 bits per heavy atom. The van der Waals surface area contributed by atoms with Gasteiger partial charge in [-0.3, -0.25) is 9.59 Å². The number of nitrogens with zero attached hydrogens (tertiary/aromatic N) is 1. The number of rotatable bonds is 11. The predicted octanol–water partition coefficient (Wildman–Crippen LogP) is 7.46. The molecule has 280 valence electrons. The van der Waals surface area contributed by atoms with Crippen LogP contribution in [-0.4, -0.2) is 38.3 Å². The van der Waals surface area contributed by atoms with Crippen molar-refractivity contribution < 1.29 is 47.3 Å². The van der Waals surface area contributed by atoms with Gasteiger partial charge in [-0.05, 0) is 98.5 Å². The number of benzene rings is 4. The third-order valence-corrected chi connectivity index (χ3v) is 9.85. The molecule has 9 nitrogen and oxygen atoms in total. The molecule has 0 heterocycles. The van der Waals surface area contributed by atoms with Crippen LogP contribution in [0.3, 0.4) is 0 Å². The van der Waals surface area contributed by atoms with Gasteiger partial charge in [-0.1, -0.05) is 91.0 Å². The number of ether oxygens (including phenoxy) is 1. The molecular weight excluding hydrogens is 764 g/mol. The van der Waals surface area contributed by atoms with E-state index in [1.54, 1.807) is 37.3 Å². The van der Waals surface area contributed by atoms with E-state index in [2.05, 4.69) is 46.3 Å². The zero-order chi connectivity index (χ0) is 38.3. The van der Waals surface area contributed by atoms with Gasteiger partial charge >= 0.3 is 11.9 Å². The molecule has 4 N–H and O–H groups in total. The molecule has 4 atom stereocenters. The van der Waals surface area contributed by atoms with E-state index in [0.29, 0.717) is 5.56 Å². The van der Waals surface area contributed by atoms with Gasteiger partial charge in [-0.25, -0.2) is 13.1 Å². The number of nitriles is 1. The molecule has 0 aromatic heterocycles. The molecule has 0 aliphatic carbocycles. The number of nitrogens with two attached hydrogens (primary N) is 1. The number of aliphatic carboxylic acids is 1. The van der Waals surface area contributed by atoms with Gasteiger partial charge in [-0.2, -0.15) is 5.26 Å². The molecule has 52 heavy (non-hydrogen) atoms. The summed E-state index contributed by atoms with van der Waals surface area (Å²) in [5, 5.41) is 18.1. The summed E-state index contributed by atoms with van der Waals surface area (Å²) < 4.78 is 30.6. The minimum atomic E-state index is -3.35. The van der Waals surface area contributed by atoms with Gasteiger partial charge in [0.05, 0.1) is 31.0 Å². The molecular formula is C41H51N3O6RuS. The first-order valence-electron chi connectivity index (χ1n) is 16.7. The molecule has 0 aliphatic rings. The Morgan fingerprint density at radius 2 is 1.12 bits per heavy atom.